The van der Waals surface area contributed by atoms with Crippen molar-refractivity contribution in [2.45, 2.75) is 44.7 Å². The first-order chi connectivity index (χ1) is 11.9. The lowest BCUT2D eigenvalue weighted by atomic mass is 9.97. The van der Waals surface area contributed by atoms with Crippen LogP contribution < -0.4 is 0 Å². The Morgan fingerprint density at radius 3 is 1.48 bits per heavy atom. The Hall–Kier alpha value is -2.30. The number of carbonyl (C=O) groups excluding carboxylic acids is 2. The summed E-state index contributed by atoms with van der Waals surface area (Å²) in [6.07, 6.45) is -1.29. The normalized spacial score (nSPS) is 21.8. The van der Waals surface area contributed by atoms with E-state index >= 15 is 0 Å². The monoisotopic (exact) mass is 338 g/mol. The van der Waals surface area contributed by atoms with Crippen LogP contribution in [0, 0.1) is 0 Å². The molecule has 2 aromatic carbocycles. The van der Waals surface area contributed by atoms with Crippen LogP contribution in [0.3, 0.4) is 0 Å². The van der Waals surface area contributed by atoms with Gasteiger partial charge in [0.2, 0.25) is 0 Å². The Balaban J connectivity index is 1.74. The summed E-state index contributed by atoms with van der Waals surface area (Å²) in [5.74, 6) is -1.22. The van der Waals surface area contributed by atoms with Gasteiger partial charge in [-0.2, -0.15) is 0 Å². The van der Waals surface area contributed by atoms with E-state index in [0.717, 1.165) is 11.1 Å². The van der Waals surface area contributed by atoms with E-state index in [2.05, 4.69) is 0 Å². The molecule has 0 radical (unpaired) electrons. The highest BCUT2D eigenvalue weighted by Crippen LogP contribution is 2.30. The second kappa shape index (κ2) is 7.30. The van der Waals surface area contributed by atoms with Crippen molar-refractivity contribution in [3.8, 4) is 0 Å². The standard InChI is InChI=1S/C21H22O4/c1-21(2)24-19(17(22)13-15-9-5-3-6-10-15)20(25-21)18(23)14-16-11-7-4-8-12-16/h3-12,19-20H,13-14H2,1-2H3/t19-,20-/m1/s1. The number of hydrogen-bond acceptors (Lipinski definition) is 4. The van der Waals surface area contributed by atoms with Gasteiger partial charge in [-0.25, -0.2) is 0 Å². The van der Waals surface area contributed by atoms with E-state index < -0.39 is 18.0 Å². The minimum atomic E-state index is -0.950. The molecule has 0 spiro atoms. The lowest BCUT2D eigenvalue weighted by Crippen LogP contribution is -2.39. The van der Waals surface area contributed by atoms with Crippen molar-refractivity contribution in [1.82, 2.24) is 0 Å². The summed E-state index contributed by atoms with van der Waals surface area (Å²) in [7, 11) is 0. The highest BCUT2D eigenvalue weighted by Gasteiger charge is 2.47. The molecule has 0 unspecified atom stereocenters. The SMILES string of the molecule is CC1(C)O[C@H](C(=O)Cc2ccccc2)[C@@H](C(=O)Cc2ccccc2)O1. The van der Waals surface area contributed by atoms with E-state index in [-0.39, 0.29) is 24.4 Å². The predicted octanol–water partition coefficient (Wildman–Crippen LogP) is 3.13. The fourth-order valence-electron chi connectivity index (χ4n) is 3.03. The molecule has 4 heteroatoms. The molecule has 0 aliphatic carbocycles. The predicted molar refractivity (Wildman–Crippen MR) is 94.1 cm³/mol. The molecule has 2 atom stereocenters. The number of hydrogen-bond donors (Lipinski definition) is 0. The van der Waals surface area contributed by atoms with Crippen LogP contribution >= 0.6 is 0 Å². The molecule has 2 aromatic rings. The third-order valence-electron chi connectivity index (χ3n) is 4.17. The summed E-state index contributed by atoms with van der Waals surface area (Å²) >= 11 is 0. The first-order valence-electron chi connectivity index (χ1n) is 8.43. The number of rotatable bonds is 6. The van der Waals surface area contributed by atoms with Crippen molar-refractivity contribution in [1.29, 1.82) is 0 Å². The second-order valence-electron chi connectivity index (χ2n) is 6.73. The van der Waals surface area contributed by atoms with E-state index in [1.54, 1.807) is 13.8 Å². The van der Waals surface area contributed by atoms with Gasteiger partial charge in [-0.15, -0.1) is 0 Å². The van der Waals surface area contributed by atoms with Crippen molar-refractivity contribution in [3.05, 3.63) is 71.8 Å². The highest BCUT2D eigenvalue weighted by atomic mass is 16.8. The fraction of sp³-hybridized carbons (Fsp3) is 0.333. The van der Waals surface area contributed by atoms with Crippen molar-refractivity contribution in [3.63, 3.8) is 0 Å². The molecule has 0 N–H and O–H groups in total. The van der Waals surface area contributed by atoms with E-state index in [1.807, 2.05) is 60.7 Å². The zero-order valence-electron chi connectivity index (χ0n) is 14.5. The van der Waals surface area contributed by atoms with Crippen molar-refractivity contribution >= 4 is 11.6 Å². The number of ether oxygens (including phenoxy) is 2. The van der Waals surface area contributed by atoms with Gasteiger partial charge < -0.3 is 9.47 Å². The minimum absolute atomic E-state index is 0.136. The van der Waals surface area contributed by atoms with Gasteiger partial charge >= 0.3 is 0 Å². The van der Waals surface area contributed by atoms with Crippen LogP contribution in [0.15, 0.2) is 60.7 Å². The topological polar surface area (TPSA) is 52.6 Å². The summed E-state index contributed by atoms with van der Waals surface area (Å²) in [5.41, 5.74) is 1.80. The Labute approximate surface area is 147 Å². The van der Waals surface area contributed by atoms with Crippen molar-refractivity contribution in [2.75, 3.05) is 0 Å². The molecule has 0 bridgehead atoms. The first-order valence-corrected chi connectivity index (χ1v) is 8.43. The van der Waals surface area contributed by atoms with Crippen LogP contribution in [-0.2, 0) is 31.9 Å². The van der Waals surface area contributed by atoms with Crippen molar-refractivity contribution in [2.24, 2.45) is 0 Å². The Bertz CT molecular complexity index is 674. The number of benzene rings is 2. The molecule has 1 saturated heterocycles. The zero-order chi connectivity index (χ0) is 17.9. The van der Waals surface area contributed by atoms with Gasteiger partial charge in [0.1, 0.15) is 0 Å². The van der Waals surface area contributed by atoms with Crippen LogP contribution in [0.2, 0.25) is 0 Å². The molecular weight excluding hydrogens is 316 g/mol. The van der Waals surface area contributed by atoms with E-state index in [4.69, 9.17) is 9.47 Å². The molecule has 1 fully saturated rings. The third-order valence-corrected chi connectivity index (χ3v) is 4.17. The van der Waals surface area contributed by atoms with E-state index in [1.165, 1.54) is 0 Å². The number of ketones is 2. The molecule has 130 valence electrons. The van der Waals surface area contributed by atoms with Gasteiger partial charge in [0, 0.05) is 12.8 Å². The molecular formula is C21H22O4. The quantitative estimate of drug-likeness (QED) is 0.812. The smallest absolute Gasteiger partial charge is 0.169 e. The zero-order valence-corrected chi connectivity index (χ0v) is 14.5. The van der Waals surface area contributed by atoms with Crippen LogP contribution in [-0.4, -0.2) is 29.6 Å². The average Bonchev–Trinajstić information content (AvgIpc) is 2.93. The average molecular weight is 338 g/mol. The number of carbonyl (C=O) groups is 2. The molecule has 25 heavy (non-hydrogen) atoms. The summed E-state index contributed by atoms with van der Waals surface area (Å²) < 4.78 is 11.5. The largest absolute Gasteiger partial charge is 0.336 e. The fourth-order valence-corrected chi connectivity index (χ4v) is 3.03. The van der Waals surface area contributed by atoms with Crippen LogP contribution in [0.25, 0.3) is 0 Å². The Kier molecular flexibility index (Phi) is 5.11. The maximum atomic E-state index is 12.7. The Morgan fingerprint density at radius 1 is 0.760 bits per heavy atom. The highest BCUT2D eigenvalue weighted by molar-refractivity contribution is 5.95. The van der Waals surface area contributed by atoms with Crippen LogP contribution in [0.1, 0.15) is 25.0 Å². The lowest BCUT2D eigenvalue weighted by molar-refractivity contribution is -0.158. The van der Waals surface area contributed by atoms with Gasteiger partial charge in [0.25, 0.3) is 0 Å². The summed E-state index contributed by atoms with van der Waals surface area (Å²) in [6.45, 7) is 3.46. The summed E-state index contributed by atoms with van der Waals surface area (Å²) in [4.78, 5) is 25.4. The Morgan fingerprint density at radius 2 is 1.12 bits per heavy atom. The molecule has 0 amide bonds. The third kappa shape index (κ3) is 4.41. The molecule has 0 aromatic heterocycles. The van der Waals surface area contributed by atoms with Crippen LogP contribution in [0.4, 0.5) is 0 Å². The van der Waals surface area contributed by atoms with Gasteiger partial charge in [-0.05, 0) is 25.0 Å². The minimum Gasteiger partial charge on any atom is -0.336 e. The second-order valence-corrected chi connectivity index (χ2v) is 6.73. The van der Waals surface area contributed by atoms with Gasteiger partial charge in [0.15, 0.2) is 29.6 Å². The van der Waals surface area contributed by atoms with Crippen molar-refractivity contribution < 1.29 is 19.1 Å². The van der Waals surface area contributed by atoms with Gasteiger partial charge in [-0.3, -0.25) is 9.59 Å². The molecule has 1 aliphatic heterocycles. The van der Waals surface area contributed by atoms with E-state index in [9.17, 15) is 9.59 Å². The van der Waals surface area contributed by atoms with Gasteiger partial charge in [0.05, 0.1) is 0 Å². The maximum absolute atomic E-state index is 12.7. The van der Waals surface area contributed by atoms with E-state index in [0.29, 0.717) is 0 Å². The summed E-state index contributed by atoms with van der Waals surface area (Å²) in [5, 5.41) is 0. The number of Topliss-reactive ketones (excluding diaryl/α,β-unsaturated/α-hetero) is 2. The molecule has 0 saturated carbocycles. The lowest BCUT2D eigenvalue weighted by Gasteiger charge is -2.16. The maximum Gasteiger partial charge on any atom is 0.169 e. The van der Waals surface area contributed by atoms with Crippen LogP contribution in [0.5, 0.6) is 0 Å². The molecule has 1 aliphatic rings. The van der Waals surface area contributed by atoms with Gasteiger partial charge in [-0.1, -0.05) is 60.7 Å². The first kappa shape index (κ1) is 17.5. The summed E-state index contributed by atoms with van der Waals surface area (Å²) in [6, 6.07) is 18.9. The molecule has 4 nitrogen and oxygen atoms in total. The molecule has 1 heterocycles. The molecule has 3 rings (SSSR count).